The molecule has 0 unspecified atom stereocenters. The minimum absolute atomic E-state index is 0.0998. The van der Waals surface area contributed by atoms with Crippen LogP contribution in [0.3, 0.4) is 0 Å². The van der Waals surface area contributed by atoms with E-state index in [0.717, 1.165) is 0 Å². The highest BCUT2D eigenvalue weighted by molar-refractivity contribution is 7.89. The summed E-state index contributed by atoms with van der Waals surface area (Å²) in [7, 11) is -1.32. The molecule has 0 aliphatic heterocycles. The lowest BCUT2D eigenvalue weighted by Gasteiger charge is -2.01. The molecule has 6 nitrogen and oxygen atoms in total. The second-order valence-corrected chi connectivity index (χ2v) is 4.98. The van der Waals surface area contributed by atoms with E-state index in [2.05, 4.69) is 14.8 Å². The molecule has 0 atom stereocenters. The first kappa shape index (κ1) is 11.1. The first-order valence-electron chi connectivity index (χ1n) is 4.35. The Morgan fingerprint density at radius 3 is 2.79 bits per heavy atom. The molecule has 0 bridgehead atoms. The molecule has 1 aromatic heterocycles. The number of hydrogen-bond acceptors (Lipinski definition) is 4. The molecule has 1 N–H and O–H groups in total. The standard InChI is InChI=1S/C7H14N4O2S/c1-3-14(12,13)9-5-4-7-8-6-11(2)10-7/h6,9H,3-5H2,1-2H3. The van der Waals surface area contributed by atoms with Gasteiger partial charge in [0.2, 0.25) is 10.0 Å². The van der Waals surface area contributed by atoms with Crippen LogP contribution in [-0.4, -0.2) is 35.5 Å². The molecule has 0 saturated heterocycles. The zero-order valence-corrected chi connectivity index (χ0v) is 9.08. The molecule has 80 valence electrons. The number of sulfonamides is 1. The summed E-state index contributed by atoms with van der Waals surface area (Å²) >= 11 is 0. The van der Waals surface area contributed by atoms with Crippen molar-refractivity contribution in [1.29, 1.82) is 0 Å². The molecular formula is C7H14N4O2S. The highest BCUT2D eigenvalue weighted by Crippen LogP contribution is 1.89. The minimum atomic E-state index is -3.10. The molecule has 0 spiro atoms. The van der Waals surface area contributed by atoms with Gasteiger partial charge in [0.1, 0.15) is 6.33 Å². The van der Waals surface area contributed by atoms with E-state index in [1.807, 2.05) is 0 Å². The van der Waals surface area contributed by atoms with E-state index in [-0.39, 0.29) is 5.75 Å². The summed E-state index contributed by atoms with van der Waals surface area (Å²) in [5.74, 6) is 0.745. The SMILES string of the molecule is CCS(=O)(=O)NCCc1ncn(C)n1. The Labute approximate surface area is 83.4 Å². The molecule has 0 amide bonds. The Kier molecular flexibility index (Phi) is 3.59. The molecule has 7 heteroatoms. The quantitative estimate of drug-likeness (QED) is 0.708. The van der Waals surface area contributed by atoms with Gasteiger partial charge in [0, 0.05) is 20.0 Å². The van der Waals surface area contributed by atoms with Gasteiger partial charge in [-0.3, -0.25) is 4.68 Å². The van der Waals surface area contributed by atoms with Gasteiger partial charge in [-0.15, -0.1) is 0 Å². The highest BCUT2D eigenvalue weighted by Gasteiger charge is 2.06. The van der Waals surface area contributed by atoms with Gasteiger partial charge in [-0.1, -0.05) is 0 Å². The topological polar surface area (TPSA) is 76.9 Å². The molecule has 0 aromatic carbocycles. The van der Waals surface area contributed by atoms with Crippen LogP contribution in [0.4, 0.5) is 0 Å². The zero-order valence-electron chi connectivity index (χ0n) is 8.27. The number of nitrogens with zero attached hydrogens (tertiary/aromatic N) is 3. The molecule has 0 aliphatic rings. The van der Waals surface area contributed by atoms with Crippen molar-refractivity contribution in [2.75, 3.05) is 12.3 Å². The summed E-state index contributed by atoms with van der Waals surface area (Å²) < 4.78 is 26.1. The molecule has 0 aliphatic carbocycles. The summed E-state index contributed by atoms with van der Waals surface area (Å²) in [6.45, 7) is 1.95. The number of rotatable bonds is 5. The largest absolute Gasteiger partial charge is 0.256 e. The Morgan fingerprint density at radius 2 is 2.29 bits per heavy atom. The van der Waals surface area contributed by atoms with E-state index in [9.17, 15) is 8.42 Å². The Bertz CT molecular complexity index is 384. The van der Waals surface area contributed by atoms with Crippen LogP contribution < -0.4 is 4.72 Å². The van der Waals surface area contributed by atoms with Crippen LogP contribution in [0.1, 0.15) is 12.7 Å². The summed E-state index contributed by atoms with van der Waals surface area (Å²) in [5.41, 5.74) is 0. The predicted octanol–water partition coefficient (Wildman–Crippen LogP) is -0.703. The van der Waals surface area contributed by atoms with Gasteiger partial charge in [0.05, 0.1) is 5.75 Å². The first-order valence-corrected chi connectivity index (χ1v) is 6.00. The summed E-state index contributed by atoms with van der Waals surface area (Å²) in [5, 5.41) is 4.03. The number of aromatic nitrogens is 3. The second kappa shape index (κ2) is 4.52. The predicted molar refractivity (Wildman–Crippen MR) is 52.2 cm³/mol. The van der Waals surface area contributed by atoms with Crippen molar-refractivity contribution in [3.63, 3.8) is 0 Å². The van der Waals surface area contributed by atoms with E-state index in [4.69, 9.17) is 0 Å². The van der Waals surface area contributed by atoms with Crippen molar-refractivity contribution in [1.82, 2.24) is 19.5 Å². The summed E-state index contributed by atoms with van der Waals surface area (Å²) in [6, 6.07) is 0. The second-order valence-electron chi connectivity index (χ2n) is 2.88. The molecule has 0 radical (unpaired) electrons. The van der Waals surface area contributed by atoms with Gasteiger partial charge in [0.15, 0.2) is 5.82 Å². The lowest BCUT2D eigenvalue weighted by molar-refractivity contribution is 0.582. The first-order chi connectivity index (χ1) is 6.53. The third-order valence-corrected chi connectivity index (χ3v) is 3.10. The van der Waals surface area contributed by atoms with Gasteiger partial charge >= 0.3 is 0 Å². The van der Waals surface area contributed by atoms with Crippen LogP contribution in [0, 0.1) is 0 Å². The third kappa shape index (κ3) is 3.43. The fraction of sp³-hybridized carbons (Fsp3) is 0.714. The lowest BCUT2D eigenvalue weighted by atomic mass is 10.4. The maximum atomic E-state index is 11.0. The van der Waals surface area contributed by atoms with Gasteiger partial charge in [-0.25, -0.2) is 18.1 Å². The number of nitrogens with one attached hydrogen (secondary N) is 1. The smallest absolute Gasteiger partial charge is 0.211 e. The average Bonchev–Trinajstić information content (AvgIpc) is 2.51. The van der Waals surface area contributed by atoms with E-state index in [1.165, 1.54) is 0 Å². The van der Waals surface area contributed by atoms with Crippen LogP contribution in [0.25, 0.3) is 0 Å². The lowest BCUT2D eigenvalue weighted by Crippen LogP contribution is -2.27. The molecular weight excluding hydrogens is 204 g/mol. The Hall–Kier alpha value is -0.950. The average molecular weight is 218 g/mol. The fourth-order valence-electron chi connectivity index (χ4n) is 0.919. The van der Waals surface area contributed by atoms with E-state index in [1.54, 1.807) is 25.0 Å². The Balaban J connectivity index is 2.36. The maximum Gasteiger partial charge on any atom is 0.211 e. The van der Waals surface area contributed by atoms with Crippen molar-refractivity contribution < 1.29 is 8.42 Å². The monoisotopic (exact) mass is 218 g/mol. The number of hydrogen-bond donors (Lipinski definition) is 1. The van der Waals surface area contributed by atoms with Gasteiger partial charge in [-0.2, -0.15) is 5.10 Å². The maximum absolute atomic E-state index is 11.0. The fourth-order valence-corrected chi connectivity index (χ4v) is 1.54. The van der Waals surface area contributed by atoms with E-state index < -0.39 is 10.0 Å². The third-order valence-electron chi connectivity index (χ3n) is 1.70. The normalized spacial score (nSPS) is 11.9. The van der Waals surface area contributed by atoms with Gasteiger partial charge < -0.3 is 0 Å². The van der Waals surface area contributed by atoms with Gasteiger partial charge in [-0.05, 0) is 6.92 Å². The zero-order chi connectivity index (χ0) is 10.6. The van der Waals surface area contributed by atoms with Crippen molar-refractivity contribution in [2.45, 2.75) is 13.3 Å². The highest BCUT2D eigenvalue weighted by atomic mass is 32.2. The molecule has 0 saturated carbocycles. The van der Waals surface area contributed by atoms with Crippen LogP contribution in [0.2, 0.25) is 0 Å². The molecule has 0 fully saturated rings. The van der Waals surface area contributed by atoms with Crippen molar-refractivity contribution in [2.24, 2.45) is 7.05 Å². The van der Waals surface area contributed by atoms with Gasteiger partial charge in [0.25, 0.3) is 0 Å². The molecule has 1 heterocycles. The van der Waals surface area contributed by atoms with Crippen LogP contribution in [0.5, 0.6) is 0 Å². The van der Waals surface area contributed by atoms with Crippen molar-refractivity contribution in [3.8, 4) is 0 Å². The van der Waals surface area contributed by atoms with Crippen LogP contribution in [-0.2, 0) is 23.5 Å². The molecule has 1 rings (SSSR count). The molecule has 1 aromatic rings. The van der Waals surface area contributed by atoms with Crippen molar-refractivity contribution >= 4 is 10.0 Å². The van der Waals surface area contributed by atoms with Crippen molar-refractivity contribution in [3.05, 3.63) is 12.2 Å². The summed E-state index contributed by atoms with van der Waals surface area (Å²) in [4.78, 5) is 3.98. The molecule has 14 heavy (non-hydrogen) atoms. The van der Waals surface area contributed by atoms with E-state index in [0.29, 0.717) is 18.8 Å². The Morgan fingerprint density at radius 1 is 1.57 bits per heavy atom. The van der Waals surface area contributed by atoms with E-state index >= 15 is 0 Å². The van der Waals surface area contributed by atoms with Crippen LogP contribution in [0.15, 0.2) is 6.33 Å². The summed E-state index contributed by atoms with van der Waals surface area (Å²) in [6.07, 6.45) is 2.10. The number of aryl methyl sites for hydroxylation is 1. The minimum Gasteiger partial charge on any atom is -0.256 e. The van der Waals surface area contributed by atoms with Crippen LogP contribution >= 0.6 is 0 Å².